The molecular weight excluding hydrogens is 949 g/mol. The molecule has 0 spiro atoms. The lowest BCUT2D eigenvalue weighted by Gasteiger charge is -2.20. The van der Waals surface area contributed by atoms with Gasteiger partial charge >= 0.3 is 5.97 Å². The summed E-state index contributed by atoms with van der Waals surface area (Å²) in [6.07, 6.45) is 3.10. The Kier molecular flexibility index (Phi) is 17.9. The Morgan fingerprint density at radius 2 is 0.972 bits per heavy atom. The van der Waals surface area contributed by atoms with Crippen LogP contribution in [0.25, 0.3) is 22.3 Å². The summed E-state index contributed by atoms with van der Waals surface area (Å²) < 4.78 is 29.6. The quantitative estimate of drug-likeness (QED) is 0.0612. The molecule has 0 saturated carbocycles. The Morgan fingerprint density at radius 1 is 0.563 bits per heavy atom. The summed E-state index contributed by atoms with van der Waals surface area (Å²) >= 11 is 2.47. The maximum Gasteiger partial charge on any atom is 0.335 e. The highest BCUT2D eigenvalue weighted by Crippen LogP contribution is 2.34. The van der Waals surface area contributed by atoms with Gasteiger partial charge in [-0.25, -0.2) is 23.5 Å². The van der Waals surface area contributed by atoms with Crippen molar-refractivity contribution >= 4 is 68.4 Å². The first kappa shape index (κ1) is 54.8. The van der Waals surface area contributed by atoms with Crippen molar-refractivity contribution in [2.24, 2.45) is 16.7 Å². The molecule has 6 N–H and O–H groups in total. The lowest BCUT2D eigenvalue weighted by atomic mass is 9.91. The van der Waals surface area contributed by atoms with Crippen molar-refractivity contribution in [2.75, 3.05) is 23.7 Å². The first-order chi connectivity index (χ1) is 33.2. The molecule has 2 heterocycles. The molecule has 1 atom stereocenters. The fourth-order valence-electron chi connectivity index (χ4n) is 6.64. The van der Waals surface area contributed by atoms with Crippen molar-refractivity contribution in [3.8, 4) is 22.3 Å². The van der Waals surface area contributed by atoms with Crippen LogP contribution in [0.2, 0.25) is 0 Å². The normalized spacial score (nSPS) is 11.7. The Balaban J connectivity index is 0.000000267. The smallest absolute Gasteiger partial charge is 0.335 e. The summed E-state index contributed by atoms with van der Waals surface area (Å²) in [6.45, 7) is 21.8. The largest absolute Gasteiger partial charge is 0.478 e. The van der Waals surface area contributed by atoms with Gasteiger partial charge in [0.2, 0.25) is 0 Å². The number of benzene rings is 4. The monoisotopic (exact) mass is 1010 g/mol. The molecule has 0 radical (unpaired) electrons. The second-order valence-corrected chi connectivity index (χ2v) is 21.5. The van der Waals surface area contributed by atoms with E-state index in [1.165, 1.54) is 72.2 Å². The molecule has 374 valence electrons. The average Bonchev–Trinajstić information content (AvgIpc) is 4.03. The van der Waals surface area contributed by atoms with Gasteiger partial charge in [0, 0.05) is 70.1 Å². The van der Waals surface area contributed by atoms with Gasteiger partial charge in [0.25, 0.3) is 29.5 Å². The molecule has 14 nitrogen and oxygen atoms in total. The zero-order valence-corrected chi connectivity index (χ0v) is 43.1. The van der Waals surface area contributed by atoms with Crippen LogP contribution in [0.1, 0.15) is 136 Å². The molecule has 0 aliphatic heterocycles. The van der Waals surface area contributed by atoms with E-state index in [-0.39, 0.29) is 79.1 Å². The van der Waals surface area contributed by atoms with Gasteiger partial charge in [-0.05, 0) is 119 Å². The third-order valence-electron chi connectivity index (χ3n) is 11.1. The van der Waals surface area contributed by atoms with Crippen molar-refractivity contribution < 1.29 is 42.7 Å². The average molecular weight is 1010 g/mol. The van der Waals surface area contributed by atoms with Gasteiger partial charge in [-0.15, -0.1) is 22.7 Å². The summed E-state index contributed by atoms with van der Waals surface area (Å²) in [4.78, 5) is 84.6. The van der Waals surface area contributed by atoms with E-state index in [0.717, 1.165) is 6.07 Å². The molecule has 2 aromatic heterocycles. The molecule has 0 fully saturated rings. The molecule has 6 rings (SSSR count). The second kappa shape index (κ2) is 23.2. The molecule has 71 heavy (non-hydrogen) atoms. The van der Waals surface area contributed by atoms with Crippen molar-refractivity contribution in [1.82, 2.24) is 25.9 Å². The lowest BCUT2D eigenvalue weighted by molar-refractivity contribution is 0.0695. The molecule has 4 aromatic carbocycles. The van der Waals surface area contributed by atoms with E-state index >= 15 is 4.39 Å². The molecule has 0 unspecified atom stereocenters. The maximum atomic E-state index is 15.1. The lowest BCUT2D eigenvalue weighted by Crippen LogP contribution is -2.36. The third kappa shape index (κ3) is 14.9. The standard InChI is InChI=1S/C29H35FN4O3S.C24H24FN3O4S/c1-16(2)18(4)33-26(36)20-13-22(17(3)24(30)14-20)21-9-8-19(25(35)32-15-29(5,6)7)12-23(21)27(37)34-28-31-10-11-38-28;1-13-17(10-15(22(31)32)11-19(13)25)16-6-5-14(20(29)27-12-24(2,3)4)9-18(16)21(30)28-23-26-7-8-33-23/h8-14,16,18H,15H2,1-7H3,(H,32,35)(H,33,36)(H,31,34,37);5-11H,12H2,1-4H3,(H,27,29)(H,31,32)(H,26,28,30)/t18-;/m0./s1. The number of anilines is 2. The van der Waals surface area contributed by atoms with E-state index in [9.17, 15) is 38.3 Å². The topological polar surface area (TPSA) is 209 Å². The Bertz CT molecular complexity index is 2940. The van der Waals surface area contributed by atoms with Gasteiger partial charge in [-0.2, -0.15) is 0 Å². The number of hydrogen-bond donors (Lipinski definition) is 6. The Hall–Kier alpha value is -7.18. The van der Waals surface area contributed by atoms with E-state index in [4.69, 9.17) is 0 Å². The third-order valence-corrected chi connectivity index (χ3v) is 12.4. The number of nitrogens with zero attached hydrogens (tertiary/aromatic N) is 2. The van der Waals surface area contributed by atoms with Crippen molar-refractivity contribution in [3.05, 3.63) is 140 Å². The number of aromatic carboxylic acids is 1. The van der Waals surface area contributed by atoms with Gasteiger partial charge in [0.05, 0.1) is 5.56 Å². The summed E-state index contributed by atoms with van der Waals surface area (Å²) in [5, 5.41) is 27.6. The van der Waals surface area contributed by atoms with Gasteiger partial charge < -0.3 is 21.1 Å². The molecule has 0 aliphatic rings. The predicted molar refractivity (Wildman–Crippen MR) is 276 cm³/mol. The summed E-state index contributed by atoms with van der Waals surface area (Å²) in [5.74, 6) is -4.50. The predicted octanol–water partition coefficient (Wildman–Crippen LogP) is 11.0. The second-order valence-electron chi connectivity index (χ2n) is 19.7. The fourth-order valence-corrected chi connectivity index (χ4v) is 7.69. The van der Waals surface area contributed by atoms with Crippen LogP contribution in [-0.4, -0.2) is 69.7 Å². The molecule has 0 bridgehead atoms. The zero-order chi connectivity index (χ0) is 52.5. The minimum absolute atomic E-state index is 0.0960. The van der Waals surface area contributed by atoms with Gasteiger partial charge in [-0.1, -0.05) is 67.5 Å². The van der Waals surface area contributed by atoms with Crippen LogP contribution < -0.4 is 26.6 Å². The fraction of sp³-hybridized carbons (Fsp3) is 0.321. The van der Waals surface area contributed by atoms with E-state index < -0.39 is 35.3 Å². The van der Waals surface area contributed by atoms with Crippen molar-refractivity contribution in [1.29, 1.82) is 0 Å². The van der Waals surface area contributed by atoms with E-state index in [0.29, 0.717) is 45.6 Å². The van der Waals surface area contributed by atoms with Gasteiger partial charge in [0.1, 0.15) is 11.6 Å². The van der Waals surface area contributed by atoms with Crippen LogP contribution in [0.3, 0.4) is 0 Å². The Morgan fingerprint density at radius 3 is 1.34 bits per heavy atom. The number of carbonyl (C=O) groups is 6. The van der Waals surface area contributed by atoms with Gasteiger partial charge in [-0.3, -0.25) is 34.6 Å². The number of carbonyl (C=O) groups excluding carboxylic acids is 5. The van der Waals surface area contributed by atoms with Crippen LogP contribution in [0.4, 0.5) is 19.0 Å². The summed E-state index contributed by atoms with van der Waals surface area (Å²) in [7, 11) is 0. The number of amides is 5. The maximum absolute atomic E-state index is 15.1. The molecule has 6 aromatic rings. The molecule has 5 amide bonds. The number of carboxylic acid groups (broad SMARTS) is 1. The highest BCUT2D eigenvalue weighted by molar-refractivity contribution is 7.14. The van der Waals surface area contributed by atoms with Crippen molar-refractivity contribution in [2.45, 2.75) is 82.2 Å². The first-order valence-corrected chi connectivity index (χ1v) is 24.4. The van der Waals surface area contributed by atoms with Crippen LogP contribution in [-0.2, 0) is 0 Å². The van der Waals surface area contributed by atoms with E-state index in [1.54, 1.807) is 42.1 Å². The van der Waals surface area contributed by atoms with Crippen LogP contribution in [0.5, 0.6) is 0 Å². The first-order valence-electron chi connectivity index (χ1n) is 22.6. The summed E-state index contributed by atoms with van der Waals surface area (Å²) in [6, 6.07) is 14.1. The Labute approximate surface area is 420 Å². The van der Waals surface area contributed by atoms with Crippen LogP contribution in [0, 0.1) is 42.2 Å². The highest BCUT2D eigenvalue weighted by Gasteiger charge is 2.25. The number of nitrogens with one attached hydrogen (secondary N) is 5. The van der Waals surface area contributed by atoms with Gasteiger partial charge in [0.15, 0.2) is 10.3 Å². The highest BCUT2D eigenvalue weighted by atomic mass is 32.1. The van der Waals surface area contributed by atoms with Crippen molar-refractivity contribution in [3.63, 3.8) is 0 Å². The summed E-state index contributed by atoms with van der Waals surface area (Å²) in [5.41, 5.74) is 2.26. The SMILES string of the molecule is Cc1c(F)cc(C(=O)N[C@@H](C)C(C)C)cc1-c1ccc(C(=O)NCC(C)(C)C)cc1C(=O)Nc1nccs1.Cc1c(F)cc(C(=O)O)cc1-c1ccc(C(=O)NCC(C)(C)C)cc1C(=O)Nc1nccs1. The molecule has 0 saturated heterocycles. The number of rotatable bonds is 14. The minimum atomic E-state index is -1.29. The van der Waals surface area contributed by atoms with E-state index in [1.807, 2.05) is 62.3 Å². The number of aromatic nitrogens is 2. The minimum Gasteiger partial charge on any atom is -0.478 e. The molecule has 18 heteroatoms. The number of halogens is 2. The molecular formula is C53H59F2N7O7S2. The van der Waals surface area contributed by atoms with Crippen LogP contribution >= 0.6 is 22.7 Å². The zero-order valence-electron chi connectivity index (χ0n) is 41.5. The number of carboxylic acids is 1. The number of hydrogen-bond acceptors (Lipinski definition) is 10. The van der Waals surface area contributed by atoms with Crippen LogP contribution in [0.15, 0.2) is 83.8 Å². The van der Waals surface area contributed by atoms with E-state index in [2.05, 4.69) is 36.6 Å². The number of thiazole rings is 2. The molecule has 0 aliphatic carbocycles.